The SMILES string of the molecule is CCc1nn2c(NC3CCCC3)cc(C)nc2c1-c1ccccc1. The van der Waals surface area contributed by atoms with Crippen molar-refractivity contribution in [1.82, 2.24) is 14.6 Å². The molecule has 4 rings (SSSR count). The molecule has 0 amide bonds. The van der Waals surface area contributed by atoms with Crippen LogP contribution in [-0.4, -0.2) is 20.6 Å². The molecule has 1 fully saturated rings. The van der Waals surface area contributed by atoms with Gasteiger partial charge in [0.15, 0.2) is 5.65 Å². The summed E-state index contributed by atoms with van der Waals surface area (Å²) in [6, 6.07) is 13.2. The summed E-state index contributed by atoms with van der Waals surface area (Å²) < 4.78 is 2.01. The first-order valence-electron chi connectivity index (χ1n) is 8.97. The van der Waals surface area contributed by atoms with Crippen LogP contribution in [-0.2, 0) is 6.42 Å². The Morgan fingerprint density at radius 3 is 2.62 bits per heavy atom. The van der Waals surface area contributed by atoms with Gasteiger partial charge in [0.2, 0.25) is 0 Å². The lowest BCUT2D eigenvalue weighted by molar-refractivity contribution is 0.737. The maximum Gasteiger partial charge on any atom is 0.165 e. The van der Waals surface area contributed by atoms with Crippen molar-refractivity contribution in [1.29, 1.82) is 0 Å². The highest BCUT2D eigenvalue weighted by Gasteiger charge is 2.20. The Morgan fingerprint density at radius 2 is 1.92 bits per heavy atom. The van der Waals surface area contributed by atoms with Crippen LogP contribution >= 0.6 is 0 Å². The van der Waals surface area contributed by atoms with E-state index in [4.69, 9.17) is 10.1 Å². The summed E-state index contributed by atoms with van der Waals surface area (Å²) in [4.78, 5) is 4.82. The molecule has 0 spiro atoms. The van der Waals surface area contributed by atoms with E-state index in [1.807, 2.05) is 10.6 Å². The van der Waals surface area contributed by atoms with Gasteiger partial charge in [0.05, 0.1) is 5.69 Å². The van der Waals surface area contributed by atoms with Crippen molar-refractivity contribution in [3.05, 3.63) is 47.8 Å². The Morgan fingerprint density at radius 1 is 1.17 bits per heavy atom. The van der Waals surface area contributed by atoms with Gasteiger partial charge in [-0.15, -0.1) is 0 Å². The van der Waals surface area contributed by atoms with Gasteiger partial charge in [-0.05, 0) is 31.7 Å². The summed E-state index contributed by atoms with van der Waals surface area (Å²) in [6.45, 7) is 4.22. The zero-order valence-corrected chi connectivity index (χ0v) is 14.4. The van der Waals surface area contributed by atoms with E-state index in [1.54, 1.807) is 0 Å². The number of nitrogens with one attached hydrogen (secondary N) is 1. The number of nitrogens with zero attached hydrogens (tertiary/aromatic N) is 3. The van der Waals surface area contributed by atoms with Crippen molar-refractivity contribution in [3.8, 4) is 11.1 Å². The zero-order valence-electron chi connectivity index (χ0n) is 14.4. The molecule has 1 aliphatic carbocycles. The lowest BCUT2D eigenvalue weighted by Gasteiger charge is -2.15. The number of fused-ring (bicyclic) bond motifs is 1. The normalized spacial score (nSPS) is 15.2. The lowest BCUT2D eigenvalue weighted by Crippen LogP contribution is -2.17. The van der Waals surface area contributed by atoms with Gasteiger partial charge >= 0.3 is 0 Å². The maximum atomic E-state index is 4.88. The van der Waals surface area contributed by atoms with Gasteiger partial charge in [-0.1, -0.05) is 50.1 Å². The number of aryl methyl sites for hydroxylation is 2. The van der Waals surface area contributed by atoms with Crippen molar-refractivity contribution >= 4 is 11.5 Å². The van der Waals surface area contributed by atoms with Gasteiger partial charge in [0, 0.05) is 23.4 Å². The monoisotopic (exact) mass is 320 g/mol. The predicted octanol–water partition coefficient (Wildman–Crippen LogP) is 4.62. The number of hydrogen-bond acceptors (Lipinski definition) is 3. The molecule has 0 atom stereocenters. The molecule has 3 aromatic rings. The molecule has 0 radical (unpaired) electrons. The van der Waals surface area contributed by atoms with E-state index in [-0.39, 0.29) is 0 Å². The van der Waals surface area contributed by atoms with Gasteiger partial charge in [-0.3, -0.25) is 0 Å². The molecule has 24 heavy (non-hydrogen) atoms. The number of rotatable bonds is 4. The van der Waals surface area contributed by atoms with Gasteiger partial charge < -0.3 is 5.32 Å². The molecule has 124 valence electrons. The van der Waals surface area contributed by atoms with Crippen molar-refractivity contribution < 1.29 is 0 Å². The molecule has 1 aromatic carbocycles. The topological polar surface area (TPSA) is 42.2 Å². The second-order valence-corrected chi connectivity index (χ2v) is 6.69. The second kappa shape index (κ2) is 6.27. The van der Waals surface area contributed by atoms with E-state index in [0.29, 0.717) is 6.04 Å². The third kappa shape index (κ3) is 2.66. The molecule has 2 heterocycles. The van der Waals surface area contributed by atoms with Gasteiger partial charge in [-0.25, -0.2) is 4.98 Å². The summed E-state index contributed by atoms with van der Waals surface area (Å²) in [6.07, 6.45) is 6.03. The Hall–Kier alpha value is -2.36. The molecular weight excluding hydrogens is 296 g/mol. The van der Waals surface area contributed by atoms with Crippen LogP contribution in [0.4, 0.5) is 5.82 Å². The average molecular weight is 320 g/mol. The average Bonchev–Trinajstić information content (AvgIpc) is 3.22. The molecule has 1 N–H and O–H groups in total. The fourth-order valence-corrected chi connectivity index (χ4v) is 3.71. The Labute approximate surface area is 142 Å². The minimum Gasteiger partial charge on any atom is -0.367 e. The van der Waals surface area contributed by atoms with E-state index >= 15 is 0 Å². The summed E-state index contributed by atoms with van der Waals surface area (Å²) in [7, 11) is 0. The Balaban J connectivity index is 1.88. The number of hydrogen-bond donors (Lipinski definition) is 1. The van der Waals surface area contributed by atoms with Gasteiger partial charge in [0.1, 0.15) is 5.82 Å². The summed E-state index contributed by atoms with van der Waals surface area (Å²) in [5.41, 5.74) is 5.44. The maximum absolute atomic E-state index is 4.88. The van der Waals surface area contributed by atoms with E-state index < -0.39 is 0 Å². The van der Waals surface area contributed by atoms with E-state index in [1.165, 1.54) is 31.2 Å². The van der Waals surface area contributed by atoms with Crippen molar-refractivity contribution in [2.24, 2.45) is 0 Å². The van der Waals surface area contributed by atoms with Crippen molar-refractivity contribution in [2.45, 2.75) is 52.0 Å². The standard InChI is InChI=1S/C20H24N4/c1-3-17-19(15-9-5-4-6-10-15)20-21-14(2)13-18(24(20)23-17)22-16-11-7-8-12-16/h4-6,9-10,13,16,22H,3,7-8,11-12H2,1-2H3. The van der Waals surface area contributed by atoms with E-state index in [2.05, 4.69) is 49.5 Å². The third-order valence-corrected chi connectivity index (χ3v) is 4.89. The van der Waals surface area contributed by atoms with Gasteiger partial charge in [-0.2, -0.15) is 9.61 Å². The molecule has 1 saturated carbocycles. The van der Waals surface area contributed by atoms with E-state index in [0.717, 1.165) is 34.8 Å². The summed E-state index contributed by atoms with van der Waals surface area (Å²) in [5, 5.41) is 8.58. The first-order valence-corrected chi connectivity index (χ1v) is 8.97. The lowest BCUT2D eigenvalue weighted by atomic mass is 10.0. The van der Waals surface area contributed by atoms with Crippen molar-refractivity contribution in [3.63, 3.8) is 0 Å². The highest BCUT2D eigenvalue weighted by Crippen LogP contribution is 2.31. The number of anilines is 1. The first kappa shape index (κ1) is 15.2. The van der Waals surface area contributed by atoms with Crippen LogP contribution in [0.25, 0.3) is 16.8 Å². The molecule has 1 aliphatic rings. The van der Waals surface area contributed by atoms with E-state index in [9.17, 15) is 0 Å². The number of aromatic nitrogens is 3. The third-order valence-electron chi connectivity index (χ3n) is 4.89. The van der Waals surface area contributed by atoms with Crippen LogP contribution in [0.3, 0.4) is 0 Å². The fourth-order valence-electron chi connectivity index (χ4n) is 3.71. The molecular formula is C20H24N4. The first-order chi connectivity index (χ1) is 11.8. The minimum atomic E-state index is 0.560. The van der Waals surface area contributed by atoms with Crippen molar-refractivity contribution in [2.75, 3.05) is 5.32 Å². The molecule has 0 saturated heterocycles. The molecule has 0 aliphatic heterocycles. The fraction of sp³-hybridized carbons (Fsp3) is 0.400. The van der Waals surface area contributed by atoms with Crippen LogP contribution in [0.2, 0.25) is 0 Å². The smallest absolute Gasteiger partial charge is 0.165 e. The van der Waals surface area contributed by atoms with Crippen LogP contribution in [0.15, 0.2) is 36.4 Å². The highest BCUT2D eigenvalue weighted by atomic mass is 15.3. The second-order valence-electron chi connectivity index (χ2n) is 6.69. The van der Waals surface area contributed by atoms with Crippen LogP contribution in [0.1, 0.15) is 44.0 Å². The Bertz CT molecular complexity index is 845. The summed E-state index contributed by atoms with van der Waals surface area (Å²) in [5.74, 6) is 1.07. The zero-order chi connectivity index (χ0) is 16.5. The highest BCUT2D eigenvalue weighted by molar-refractivity contribution is 5.81. The van der Waals surface area contributed by atoms with Gasteiger partial charge in [0.25, 0.3) is 0 Å². The quantitative estimate of drug-likeness (QED) is 0.762. The summed E-state index contributed by atoms with van der Waals surface area (Å²) >= 11 is 0. The molecule has 2 aromatic heterocycles. The minimum absolute atomic E-state index is 0.560. The largest absolute Gasteiger partial charge is 0.367 e. The van der Waals surface area contributed by atoms with Crippen LogP contribution in [0, 0.1) is 6.92 Å². The molecule has 4 heteroatoms. The molecule has 0 bridgehead atoms. The van der Waals surface area contributed by atoms with Crippen LogP contribution < -0.4 is 5.32 Å². The molecule has 4 nitrogen and oxygen atoms in total. The van der Waals surface area contributed by atoms with Crippen LogP contribution in [0.5, 0.6) is 0 Å². The molecule has 0 unspecified atom stereocenters. The predicted molar refractivity (Wildman–Crippen MR) is 98.4 cm³/mol. The Kier molecular flexibility index (Phi) is 3.97. The number of benzene rings is 1.